The van der Waals surface area contributed by atoms with Crippen LogP contribution in [0.4, 0.5) is 5.69 Å². The molecule has 0 aliphatic rings. The molecule has 26 heavy (non-hydrogen) atoms. The molecule has 2 N–H and O–H groups in total. The van der Waals surface area contributed by atoms with Crippen molar-refractivity contribution in [2.75, 3.05) is 13.2 Å². The molecule has 0 bridgehead atoms. The standard InChI is InChI=1S/C17H15BrCl2N2O3S/c1-2-25-17(24)15(21)10(8-23)16(13-5-6-14(18)26-13)22-12-4-3-9(19)7-11(12)20/h3-7,10,21,23H,2,8H2,1H3. The molecule has 2 aromatic rings. The van der Waals surface area contributed by atoms with Crippen LogP contribution >= 0.6 is 50.5 Å². The average Bonchev–Trinajstić information content (AvgIpc) is 3.02. The maximum atomic E-state index is 12.0. The molecule has 0 saturated heterocycles. The molecular formula is C17H15BrCl2N2O3S. The van der Waals surface area contributed by atoms with E-state index >= 15 is 0 Å². The largest absolute Gasteiger partial charge is 0.462 e. The Balaban J connectivity index is 2.54. The number of nitrogens with zero attached hydrogens (tertiary/aromatic N) is 1. The number of hydrogen-bond acceptors (Lipinski definition) is 6. The molecule has 1 atom stereocenters. The molecule has 0 radical (unpaired) electrons. The van der Waals surface area contributed by atoms with Gasteiger partial charge in [-0.15, -0.1) is 11.3 Å². The predicted octanol–water partition coefficient (Wildman–Crippen LogP) is 5.13. The number of halogens is 3. The molecule has 0 saturated carbocycles. The highest BCUT2D eigenvalue weighted by Gasteiger charge is 2.29. The second kappa shape index (κ2) is 9.62. The van der Waals surface area contributed by atoms with Crippen molar-refractivity contribution >= 4 is 73.5 Å². The summed E-state index contributed by atoms with van der Waals surface area (Å²) < 4.78 is 5.74. The van der Waals surface area contributed by atoms with Gasteiger partial charge < -0.3 is 9.84 Å². The van der Waals surface area contributed by atoms with Gasteiger partial charge in [0.1, 0.15) is 5.71 Å². The number of benzene rings is 1. The van der Waals surface area contributed by atoms with Crippen LogP contribution in [0.1, 0.15) is 11.8 Å². The molecular weight excluding hydrogens is 463 g/mol. The summed E-state index contributed by atoms with van der Waals surface area (Å²) in [6.07, 6.45) is 0. The van der Waals surface area contributed by atoms with Crippen LogP contribution < -0.4 is 0 Å². The van der Waals surface area contributed by atoms with Crippen molar-refractivity contribution < 1.29 is 14.6 Å². The third-order valence-electron chi connectivity index (χ3n) is 3.33. The van der Waals surface area contributed by atoms with E-state index in [4.69, 9.17) is 33.3 Å². The molecule has 1 heterocycles. The highest BCUT2D eigenvalue weighted by Crippen LogP contribution is 2.32. The summed E-state index contributed by atoms with van der Waals surface area (Å²) in [5, 5.41) is 18.8. The van der Waals surface area contributed by atoms with Gasteiger partial charge in [0.15, 0.2) is 0 Å². The summed E-state index contributed by atoms with van der Waals surface area (Å²) in [7, 11) is 0. The average molecular weight is 478 g/mol. The van der Waals surface area contributed by atoms with Crippen molar-refractivity contribution in [3.05, 3.63) is 49.0 Å². The number of nitrogens with one attached hydrogen (secondary N) is 1. The summed E-state index contributed by atoms with van der Waals surface area (Å²) >= 11 is 16.9. The first-order valence-electron chi connectivity index (χ1n) is 7.53. The monoisotopic (exact) mass is 476 g/mol. The van der Waals surface area contributed by atoms with Gasteiger partial charge in [-0.2, -0.15) is 0 Å². The Bertz CT molecular complexity index is 854. The van der Waals surface area contributed by atoms with E-state index in [0.29, 0.717) is 26.3 Å². The van der Waals surface area contributed by atoms with Crippen LogP contribution in [0.25, 0.3) is 0 Å². The van der Waals surface area contributed by atoms with E-state index in [1.807, 2.05) is 6.07 Å². The molecule has 9 heteroatoms. The minimum Gasteiger partial charge on any atom is -0.462 e. The van der Waals surface area contributed by atoms with Crippen LogP contribution in [0.15, 0.2) is 39.1 Å². The zero-order chi connectivity index (χ0) is 19.3. The topological polar surface area (TPSA) is 82.7 Å². The Hall–Kier alpha value is -1.25. The number of rotatable bonds is 7. The van der Waals surface area contributed by atoms with Crippen molar-refractivity contribution in [1.29, 1.82) is 5.41 Å². The molecule has 138 valence electrons. The highest BCUT2D eigenvalue weighted by atomic mass is 79.9. The second-order valence-electron chi connectivity index (χ2n) is 5.07. The molecule has 0 aliphatic carbocycles. The van der Waals surface area contributed by atoms with Crippen molar-refractivity contribution in [2.45, 2.75) is 6.92 Å². The zero-order valence-corrected chi connectivity index (χ0v) is 17.5. The van der Waals surface area contributed by atoms with Crippen LogP contribution in [0, 0.1) is 11.3 Å². The quantitative estimate of drug-likeness (QED) is 0.428. The lowest BCUT2D eigenvalue weighted by Crippen LogP contribution is -2.34. The maximum absolute atomic E-state index is 12.0. The van der Waals surface area contributed by atoms with E-state index in [1.165, 1.54) is 11.3 Å². The third-order valence-corrected chi connectivity index (χ3v) is 5.52. The third kappa shape index (κ3) is 5.14. The number of esters is 1. The first-order valence-corrected chi connectivity index (χ1v) is 9.89. The van der Waals surface area contributed by atoms with Crippen LogP contribution in [-0.2, 0) is 9.53 Å². The fraction of sp³-hybridized carbons (Fsp3) is 0.235. The first-order chi connectivity index (χ1) is 12.4. The molecule has 0 amide bonds. The lowest BCUT2D eigenvalue weighted by Gasteiger charge is -2.17. The van der Waals surface area contributed by atoms with Crippen molar-refractivity contribution in [1.82, 2.24) is 0 Å². The van der Waals surface area contributed by atoms with Gasteiger partial charge in [-0.25, -0.2) is 9.79 Å². The number of aliphatic hydroxyl groups is 1. The minimum atomic E-state index is -0.952. The van der Waals surface area contributed by atoms with Gasteiger partial charge in [-0.1, -0.05) is 23.2 Å². The van der Waals surface area contributed by atoms with E-state index in [0.717, 1.165) is 3.79 Å². The molecule has 1 aromatic carbocycles. The number of aliphatic hydroxyl groups excluding tert-OH is 1. The van der Waals surface area contributed by atoms with Crippen LogP contribution in [-0.4, -0.2) is 35.7 Å². The fourth-order valence-corrected chi connectivity index (χ4v) is 4.00. The number of carbonyl (C=O) groups is 1. The molecule has 2 rings (SSSR count). The molecule has 0 spiro atoms. The SMILES string of the molecule is CCOC(=O)C(=N)C(CO)C(=Nc1ccc(Cl)cc1Cl)c1ccc(Br)s1. The number of hydrogen-bond donors (Lipinski definition) is 2. The van der Waals surface area contributed by atoms with Gasteiger partial charge in [0.05, 0.1) is 44.2 Å². The Kier molecular flexibility index (Phi) is 7.79. The number of carbonyl (C=O) groups excluding carboxylic acids is 1. The molecule has 1 unspecified atom stereocenters. The minimum absolute atomic E-state index is 0.138. The van der Waals surface area contributed by atoms with E-state index < -0.39 is 18.5 Å². The predicted molar refractivity (Wildman–Crippen MR) is 110 cm³/mol. The van der Waals surface area contributed by atoms with Crippen LogP contribution in [0.5, 0.6) is 0 Å². The fourth-order valence-electron chi connectivity index (χ4n) is 2.12. The lowest BCUT2D eigenvalue weighted by atomic mass is 9.96. The summed E-state index contributed by atoms with van der Waals surface area (Å²) in [6, 6.07) is 8.43. The van der Waals surface area contributed by atoms with Crippen molar-refractivity contribution in [3.8, 4) is 0 Å². The van der Waals surface area contributed by atoms with E-state index in [-0.39, 0.29) is 12.3 Å². The Morgan fingerprint density at radius 3 is 2.65 bits per heavy atom. The van der Waals surface area contributed by atoms with Gasteiger partial charge in [-0.3, -0.25) is 5.41 Å². The maximum Gasteiger partial charge on any atom is 0.352 e. The summed E-state index contributed by atoms with van der Waals surface area (Å²) in [4.78, 5) is 17.2. The Morgan fingerprint density at radius 1 is 1.38 bits per heavy atom. The van der Waals surface area contributed by atoms with Gasteiger partial charge in [0, 0.05) is 5.02 Å². The van der Waals surface area contributed by atoms with E-state index in [2.05, 4.69) is 20.9 Å². The zero-order valence-electron chi connectivity index (χ0n) is 13.6. The van der Waals surface area contributed by atoms with E-state index in [1.54, 1.807) is 31.2 Å². The smallest absolute Gasteiger partial charge is 0.352 e. The van der Waals surface area contributed by atoms with Crippen LogP contribution in [0.2, 0.25) is 10.0 Å². The Labute approximate surface area is 173 Å². The summed E-state index contributed by atoms with van der Waals surface area (Å²) in [5.74, 6) is -1.75. The van der Waals surface area contributed by atoms with Gasteiger partial charge in [0.25, 0.3) is 0 Å². The summed E-state index contributed by atoms with van der Waals surface area (Å²) in [5.41, 5.74) is 0.402. The van der Waals surface area contributed by atoms with E-state index in [9.17, 15) is 9.90 Å². The second-order valence-corrected chi connectivity index (χ2v) is 8.37. The van der Waals surface area contributed by atoms with Crippen molar-refractivity contribution in [2.24, 2.45) is 10.9 Å². The normalized spacial score (nSPS) is 12.7. The number of aliphatic imine (C=N–C) groups is 1. The van der Waals surface area contributed by atoms with Gasteiger partial charge in [0.2, 0.25) is 0 Å². The highest BCUT2D eigenvalue weighted by molar-refractivity contribution is 9.11. The van der Waals surface area contributed by atoms with Gasteiger partial charge in [-0.05, 0) is 53.2 Å². The molecule has 0 aliphatic heterocycles. The van der Waals surface area contributed by atoms with Crippen LogP contribution in [0.3, 0.4) is 0 Å². The number of ether oxygens (including phenoxy) is 1. The molecule has 0 fully saturated rings. The molecule has 5 nitrogen and oxygen atoms in total. The van der Waals surface area contributed by atoms with Crippen molar-refractivity contribution in [3.63, 3.8) is 0 Å². The molecule has 1 aromatic heterocycles. The summed E-state index contributed by atoms with van der Waals surface area (Å²) in [6.45, 7) is 1.31. The Morgan fingerprint density at radius 2 is 2.12 bits per heavy atom. The first kappa shape index (κ1) is 21.1. The van der Waals surface area contributed by atoms with Gasteiger partial charge >= 0.3 is 5.97 Å². The number of thiophene rings is 1. The lowest BCUT2D eigenvalue weighted by molar-refractivity contribution is -0.135.